The first-order valence-corrected chi connectivity index (χ1v) is 8.46. The Labute approximate surface area is 146 Å². The molecule has 0 radical (unpaired) electrons. The van der Waals surface area contributed by atoms with Crippen LogP contribution in [0.3, 0.4) is 0 Å². The Morgan fingerprint density at radius 1 is 1.24 bits per heavy atom. The van der Waals surface area contributed by atoms with Gasteiger partial charge in [0, 0.05) is 6.54 Å². The molecule has 7 heteroatoms. The normalized spacial score (nSPS) is 19.4. The average molecular weight is 348 g/mol. The van der Waals surface area contributed by atoms with Crippen LogP contribution in [0.5, 0.6) is 0 Å². The Hall–Kier alpha value is -2.41. The number of carbonyl (C=O) groups excluding carboxylic acids is 1. The minimum Gasteiger partial charge on any atom is -0.480 e. The molecular formula is C18H24N2O5. The molecule has 1 aliphatic rings. The van der Waals surface area contributed by atoms with Gasteiger partial charge in [0.1, 0.15) is 6.04 Å². The predicted octanol–water partition coefficient (Wildman–Crippen LogP) is 1.76. The first kappa shape index (κ1) is 18.9. The summed E-state index contributed by atoms with van der Waals surface area (Å²) in [6, 6.07) is 7.26. The van der Waals surface area contributed by atoms with E-state index >= 15 is 0 Å². The first-order valence-electron chi connectivity index (χ1n) is 8.46. The number of carbonyl (C=O) groups is 3. The van der Waals surface area contributed by atoms with E-state index in [-0.39, 0.29) is 5.78 Å². The molecule has 25 heavy (non-hydrogen) atoms. The monoisotopic (exact) mass is 348 g/mol. The van der Waals surface area contributed by atoms with Crippen molar-refractivity contribution in [2.75, 3.05) is 6.54 Å². The van der Waals surface area contributed by atoms with Crippen molar-refractivity contribution in [3.8, 4) is 0 Å². The van der Waals surface area contributed by atoms with Crippen LogP contribution in [0, 0.1) is 0 Å². The fraction of sp³-hybridized carbons (Fsp3) is 0.500. The number of Topliss-reactive ketones (excluding diaryl/α,β-unsaturated/α-hetero) is 1. The first-order chi connectivity index (χ1) is 11.9. The predicted molar refractivity (Wildman–Crippen MR) is 91.5 cm³/mol. The van der Waals surface area contributed by atoms with Crippen molar-refractivity contribution >= 4 is 17.8 Å². The molecular weight excluding hydrogens is 324 g/mol. The summed E-state index contributed by atoms with van der Waals surface area (Å²) in [5.41, 5.74) is 1.03. The summed E-state index contributed by atoms with van der Waals surface area (Å²) in [6.45, 7) is 1.94. The lowest BCUT2D eigenvalue weighted by Crippen LogP contribution is -2.52. The zero-order chi connectivity index (χ0) is 18.4. The van der Waals surface area contributed by atoms with Crippen LogP contribution >= 0.6 is 0 Å². The van der Waals surface area contributed by atoms with Gasteiger partial charge in [0.2, 0.25) is 0 Å². The minimum absolute atomic E-state index is 0.272. The Morgan fingerprint density at radius 2 is 1.92 bits per heavy atom. The molecule has 1 aromatic rings. The Morgan fingerprint density at radius 3 is 2.52 bits per heavy atom. The maximum absolute atomic E-state index is 12.5. The molecule has 1 saturated heterocycles. The highest BCUT2D eigenvalue weighted by molar-refractivity contribution is 5.92. The summed E-state index contributed by atoms with van der Waals surface area (Å²) >= 11 is 0. The summed E-state index contributed by atoms with van der Waals surface area (Å²) in [5, 5.41) is 21.4. The van der Waals surface area contributed by atoms with E-state index in [1.54, 1.807) is 6.92 Å². The molecule has 7 nitrogen and oxygen atoms in total. The van der Waals surface area contributed by atoms with E-state index in [0.29, 0.717) is 32.2 Å². The van der Waals surface area contributed by atoms with Gasteiger partial charge in [-0.1, -0.05) is 30.3 Å². The lowest BCUT2D eigenvalue weighted by atomic mass is 10.0. The van der Waals surface area contributed by atoms with E-state index in [4.69, 9.17) is 5.11 Å². The van der Waals surface area contributed by atoms with Crippen molar-refractivity contribution < 1.29 is 24.6 Å². The van der Waals surface area contributed by atoms with Crippen molar-refractivity contribution in [3.05, 3.63) is 35.9 Å². The molecule has 1 amide bonds. The second-order valence-corrected chi connectivity index (χ2v) is 6.34. The number of carboxylic acid groups (broad SMARTS) is 2. The van der Waals surface area contributed by atoms with Gasteiger partial charge in [-0.25, -0.2) is 4.79 Å². The second-order valence-electron chi connectivity index (χ2n) is 6.34. The van der Waals surface area contributed by atoms with Gasteiger partial charge in [0.25, 0.3) is 0 Å². The smallest absolute Gasteiger partial charge is 0.407 e. The van der Waals surface area contributed by atoms with E-state index in [1.807, 2.05) is 30.3 Å². The Bertz CT molecular complexity index is 619. The van der Waals surface area contributed by atoms with Crippen LogP contribution in [0.2, 0.25) is 0 Å². The minimum atomic E-state index is -1.11. The highest BCUT2D eigenvalue weighted by Crippen LogP contribution is 2.19. The number of benzene rings is 1. The third-order valence-corrected chi connectivity index (χ3v) is 4.57. The molecule has 0 bridgehead atoms. The number of carboxylic acids is 1. The highest BCUT2D eigenvalue weighted by atomic mass is 16.4. The van der Waals surface area contributed by atoms with Gasteiger partial charge in [0.05, 0.1) is 12.1 Å². The van der Waals surface area contributed by atoms with E-state index in [0.717, 1.165) is 10.5 Å². The number of nitrogens with one attached hydrogen (secondary N) is 1. The van der Waals surface area contributed by atoms with Gasteiger partial charge < -0.3 is 10.2 Å². The van der Waals surface area contributed by atoms with Gasteiger partial charge in [-0.2, -0.15) is 0 Å². The van der Waals surface area contributed by atoms with Crippen molar-refractivity contribution in [2.45, 2.75) is 50.7 Å². The number of amides is 1. The molecule has 3 N–H and O–H groups in total. The number of nitrogens with zero attached hydrogens (tertiary/aromatic N) is 1. The Kier molecular flexibility index (Phi) is 6.52. The highest BCUT2D eigenvalue weighted by Gasteiger charge is 2.37. The van der Waals surface area contributed by atoms with Gasteiger partial charge in [-0.3, -0.25) is 19.8 Å². The second kappa shape index (κ2) is 8.62. The molecule has 1 fully saturated rings. The van der Waals surface area contributed by atoms with Crippen LogP contribution < -0.4 is 5.32 Å². The zero-order valence-electron chi connectivity index (χ0n) is 14.2. The number of ketones is 1. The molecule has 1 aliphatic heterocycles. The lowest BCUT2D eigenvalue weighted by Gasteiger charge is -2.25. The summed E-state index contributed by atoms with van der Waals surface area (Å²) < 4.78 is 0. The number of hydrogen-bond donors (Lipinski definition) is 3. The number of aliphatic carboxylic acids is 1. The summed E-state index contributed by atoms with van der Waals surface area (Å²) in [4.78, 5) is 36.4. The number of rotatable bonds is 8. The van der Waals surface area contributed by atoms with E-state index in [1.165, 1.54) is 0 Å². The SMILES string of the molecule is C[C@H](N[C@H](CCc1ccccc1)C(=O)O)C(=O)[C@@H]1CCCN1C(=O)O. The molecule has 1 aromatic carbocycles. The Balaban J connectivity index is 1.95. The topological polar surface area (TPSA) is 107 Å². The molecule has 2 rings (SSSR count). The van der Waals surface area contributed by atoms with Crippen LogP contribution in [-0.2, 0) is 16.0 Å². The van der Waals surface area contributed by atoms with Crippen molar-refractivity contribution in [1.29, 1.82) is 0 Å². The van der Waals surface area contributed by atoms with Crippen molar-refractivity contribution in [3.63, 3.8) is 0 Å². The van der Waals surface area contributed by atoms with Gasteiger partial charge >= 0.3 is 12.1 Å². The van der Waals surface area contributed by atoms with Crippen LogP contribution in [0.25, 0.3) is 0 Å². The lowest BCUT2D eigenvalue weighted by molar-refractivity contribution is -0.140. The van der Waals surface area contributed by atoms with Crippen LogP contribution in [0.1, 0.15) is 31.7 Å². The van der Waals surface area contributed by atoms with Gasteiger partial charge in [-0.15, -0.1) is 0 Å². The third kappa shape index (κ3) is 5.03. The molecule has 0 aliphatic carbocycles. The molecule has 136 valence electrons. The maximum atomic E-state index is 12.5. The molecule has 0 saturated carbocycles. The number of hydrogen-bond acceptors (Lipinski definition) is 4. The molecule has 3 atom stereocenters. The fourth-order valence-electron chi connectivity index (χ4n) is 3.20. The van der Waals surface area contributed by atoms with Crippen LogP contribution in [0.4, 0.5) is 4.79 Å². The van der Waals surface area contributed by atoms with Crippen molar-refractivity contribution in [1.82, 2.24) is 10.2 Å². The average Bonchev–Trinajstić information content (AvgIpc) is 3.08. The molecule has 1 heterocycles. The molecule has 0 unspecified atom stereocenters. The van der Waals surface area contributed by atoms with Gasteiger partial charge in [-0.05, 0) is 38.2 Å². The largest absolute Gasteiger partial charge is 0.480 e. The summed E-state index contributed by atoms with van der Waals surface area (Å²) in [6.07, 6.45) is 0.952. The van der Waals surface area contributed by atoms with Crippen molar-refractivity contribution in [2.24, 2.45) is 0 Å². The summed E-state index contributed by atoms with van der Waals surface area (Å²) in [7, 11) is 0. The standard InChI is InChI=1S/C18H24N2O5/c1-12(16(21)15-8-5-11-20(15)18(24)25)19-14(17(22)23)10-9-13-6-3-2-4-7-13/h2-4,6-7,12,14-15,19H,5,8-11H2,1H3,(H,22,23)(H,24,25)/t12-,14+,15-/m0/s1. The zero-order valence-corrected chi connectivity index (χ0v) is 14.2. The quantitative estimate of drug-likeness (QED) is 0.661. The molecule has 0 spiro atoms. The van der Waals surface area contributed by atoms with E-state index < -0.39 is 30.2 Å². The summed E-state index contributed by atoms with van der Waals surface area (Å²) in [5.74, 6) is -1.29. The number of aryl methyl sites for hydroxylation is 1. The molecule has 0 aromatic heterocycles. The van der Waals surface area contributed by atoms with Crippen LogP contribution in [0.15, 0.2) is 30.3 Å². The maximum Gasteiger partial charge on any atom is 0.407 e. The fourth-order valence-corrected chi connectivity index (χ4v) is 3.20. The van der Waals surface area contributed by atoms with Gasteiger partial charge in [0.15, 0.2) is 5.78 Å². The number of likely N-dealkylation sites (tertiary alicyclic amines) is 1. The third-order valence-electron chi connectivity index (χ3n) is 4.57. The van der Waals surface area contributed by atoms with Crippen LogP contribution in [-0.4, -0.2) is 57.6 Å². The van der Waals surface area contributed by atoms with E-state index in [9.17, 15) is 19.5 Å². The van der Waals surface area contributed by atoms with E-state index in [2.05, 4.69) is 5.32 Å².